The topological polar surface area (TPSA) is 57.3 Å². The maximum Gasteiger partial charge on any atom is 0.253 e. The Kier molecular flexibility index (Phi) is 6.14. The minimum absolute atomic E-state index is 0.0327. The Bertz CT molecular complexity index is 435. The van der Waals surface area contributed by atoms with Gasteiger partial charge in [-0.25, -0.2) is 0 Å². The molecule has 1 aromatic heterocycles. The number of rotatable bonds is 6. The highest BCUT2D eigenvalue weighted by Crippen LogP contribution is 2.12. The molecule has 1 aliphatic heterocycles. The monoisotopic (exact) mass is 294 g/mol. The number of pyridine rings is 1. The summed E-state index contributed by atoms with van der Waals surface area (Å²) in [5, 5.41) is 6.15. The van der Waals surface area contributed by atoms with Crippen LogP contribution in [0.2, 0.25) is 0 Å². The molecule has 0 aromatic carbocycles. The summed E-state index contributed by atoms with van der Waals surface area (Å²) >= 11 is 2.00. The largest absolute Gasteiger partial charge is 0.383 e. The molecular weight excluding hydrogens is 272 g/mol. The number of aromatic nitrogens is 1. The summed E-state index contributed by atoms with van der Waals surface area (Å²) in [5.41, 5.74) is 1.46. The van der Waals surface area contributed by atoms with Crippen LogP contribution in [0.15, 0.2) is 18.5 Å². The standard InChI is InChI=1S/C14H22N4OS/c1-2-16-13-11-15-4-3-12(13)14(19)17-5-6-18-7-9-20-10-8-18/h3-4,11,16H,2,5-10H2,1H3,(H,17,19). The van der Waals surface area contributed by atoms with E-state index in [-0.39, 0.29) is 5.91 Å². The van der Waals surface area contributed by atoms with Gasteiger partial charge in [-0.3, -0.25) is 14.7 Å². The number of nitrogens with zero attached hydrogens (tertiary/aromatic N) is 2. The summed E-state index contributed by atoms with van der Waals surface area (Å²) in [5.74, 6) is 2.36. The van der Waals surface area contributed by atoms with E-state index in [1.54, 1.807) is 18.5 Å². The first-order chi connectivity index (χ1) is 9.81. The van der Waals surface area contributed by atoms with E-state index in [0.29, 0.717) is 12.1 Å². The third-order valence-corrected chi connectivity index (χ3v) is 4.19. The lowest BCUT2D eigenvalue weighted by molar-refractivity contribution is 0.0949. The molecule has 1 aliphatic rings. The van der Waals surface area contributed by atoms with Crippen LogP contribution in [0.1, 0.15) is 17.3 Å². The number of anilines is 1. The summed E-state index contributed by atoms with van der Waals surface area (Å²) in [6.07, 6.45) is 3.35. The van der Waals surface area contributed by atoms with Gasteiger partial charge in [0.05, 0.1) is 17.4 Å². The number of hydrogen-bond acceptors (Lipinski definition) is 5. The van der Waals surface area contributed by atoms with Crippen LogP contribution in [0.25, 0.3) is 0 Å². The molecule has 0 atom stereocenters. The number of thioether (sulfide) groups is 1. The minimum Gasteiger partial charge on any atom is -0.383 e. The molecule has 2 N–H and O–H groups in total. The van der Waals surface area contributed by atoms with E-state index in [0.717, 1.165) is 31.9 Å². The van der Waals surface area contributed by atoms with Gasteiger partial charge >= 0.3 is 0 Å². The summed E-state index contributed by atoms with van der Waals surface area (Å²) in [4.78, 5) is 18.6. The molecule has 110 valence electrons. The van der Waals surface area contributed by atoms with Gasteiger partial charge in [0.2, 0.25) is 0 Å². The van der Waals surface area contributed by atoms with Crippen molar-refractivity contribution in [1.29, 1.82) is 0 Å². The molecular formula is C14H22N4OS. The van der Waals surface area contributed by atoms with Crippen molar-refractivity contribution in [3.63, 3.8) is 0 Å². The van der Waals surface area contributed by atoms with E-state index < -0.39 is 0 Å². The number of nitrogens with one attached hydrogen (secondary N) is 2. The Hall–Kier alpha value is -1.27. The molecule has 2 rings (SSSR count). The molecule has 1 saturated heterocycles. The second kappa shape index (κ2) is 8.11. The van der Waals surface area contributed by atoms with Gasteiger partial charge in [-0.05, 0) is 13.0 Å². The average molecular weight is 294 g/mol. The maximum atomic E-state index is 12.2. The fourth-order valence-corrected chi connectivity index (χ4v) is 3.15. The van der Waals surface area contributed by atoms with Gasteiger partial charge in [-0.1, -0.05) is 0 Å². The predicted octanol–water partition coefficient (Wildman–Crippen LogP) is 1.29. The molecule has 0 radical (unpaired) electrons. The Balaban J connectivity index is 1.82. The predicted molar refractivity (Wildman–Crippen MR) is 84.5 cm³/mol. The van der Waals surface area contributed by atoms with Gasteiger partial charge in [0.25, 0.3) is 5.91 Å². The fraction of sp³-hybridized carbons (Fsp3) is 0.571. The fourth-order valence-electron chi connectivity index (χ4n) is 2.17. The second-order valence-corrected chi connectivity index (χ2v) is 5.89. The summed E-state index contributed by atoms with van der Waals surface area (Å²) in [6.45, 7) is 6.64. The third kappa shape index (κ3) is 4.38. The molecule has 0 spiro atoms. The van der Waals surface area contributed by atoms with E-state index in [1.165, 1.54) is 11.5 Å². The van der Waals surface area contributed by atoms with E-state index in [9.17, 15) is 4.79 Å². The molecule has 5 nitrogen and oxygen atoms in total. The first kappa shape index (κ1) is 15.1. The van der Waals surface area contributed by atoms with Gasteiger partial charge in [-0.2, -0.15) is 11.8 Å². The lowest BCUT2D eigenvalue weighted by atomic mass is 10.2. The lowest BCUT2D eigenvalue weighted by Crippen LogP contribution is -2.39. The average Bonchev–Trinajstić information content (AvgIpc) is 2.49. The normalized spacial score (nSPS) is 15.8. The van der Waals surface area contributed by atoms with Crippen LogP contribution in [-0.4, -0.2) is 60.0 Å². The van der Waals surface area contributed by atoms with E-state index in [2.05, 4.69) is 20.5 Å². The van der Waals surface area contributed by atoms with Crippen molar-refractivity contribution in [2.75, 3.05) is 49.5 Å². The lowest BCUT2D eigenvalue weighted by Gasteiger charge is -2.26. The van der Waals surface area contributed by atoms with Crippen molar-refractivity contribution in [3.8, 4) is 0 Å². The van der Waals surface area contributed by atoms with Crippen molar-refractivity contribution < 1.29 is 4.79 Å². The molecule has 6 heteroatoms. The Labute approximate surface area is 124 Å². The first-order valence-corrected chi connectivity index (χ1v) is 8.23. The Morgan fingerprint density at radius 1 is 1.45 bits per heavy atom. The van der Waals surface area contributed by atoms with Gasteiger partial charge in [0.1, 0.15) is 0 Å². The summed E-state index contributed by atoms with van der Waals surface area (Å²) in [6, 6.07) is 1.75. The zero-order chi connectivity index (χ0) is 14.2. The highest BCUT2D eigenvalue weighted by Gasteiger charge is 2.12. The van der Waals surface area contributed by atoms with Crippen LogP contribution in [0.3, 0.4) is 0 Å². The zero-order valence-corrected chi connectivity index (χ0v) is 12.7. The van der Waals surface area contributed by atoms with Crippen LogP contribution in [0, 0.1) is 0 Å². The molecule has 0 unspecified atom stereocenters. The molecule has 0 saturated carbocycles. The van der Waals surface area contributed by atoms with Gasteiger partial charge in [0, 0.05) is 50.4 Å². The van der Waals surface area contributed by atoms with Crippen LogP contribution >= 0.6 is 11.8 Å². The van der Waals surface area contributed by atoms with E-state index >= 15 is 0 Å². The minimum atomic E-state index is -0.0327. The Morgan fingerprint density at radius 2 is 2.25 bits per heavy atom. The summed E-state index contributed by atoms with van der Waals surface area (Å²) < 4.78 is 0. The number of carbonyl (C=O) groups excluding carboxylic acids is 1. The van der Waals surface area contributed by atoms with Gasteiger partial charge in [0.15, 0.2) is 0 Å². The number of carbonyl (C=O) groups is 1. The zero-order valence-electron chi connectivity index (χ0n) is 11.9. The molecule has 0 bridgehead atoms. The quantitative estimate of drug-likeness (QED) is 0.828. The van der Waals surface area contributed by atoms with Crippen LogP contribution in [0.4, 0.5) is 5.69 Å². The maximum absolute atomic E-state index is 12.2. The smallest absolute Gasteiger partial charge is 0.253 e. The van der Waals surface area contributed by atoms with Crippen LogP contribution in [0.5, 0.6) is 0 Å². The van der Waals surface area contributed by atoms with Crippen molar-refractivity contribution in [3.05, 3.63) is 24.0 Å². The molecule has 1 fully saturated rings. The number of hydrogen-bond donors (Lipinski definition) is 2. The second-order valence-electron chi connectivity index (χ2n) is 4.66. The van der Waals surface area contributed by atoms with Crippen molar-refractivity contribution in [1.82, 2.24) is 15.2 Å². The van der Waals surface area contributed by atoms with E-state index in [1.807, 2.05) is 18.7 Å². The molecule has 2 heterocycles. The van der Waals surface area contributed by atoms with Crippen LogP contribution < -0.4 is 10.6 Å². The van der Waals surface area contributed by atoms with Gasteiger partial charge in [-0.15, -0.1) is 0 Å². The molecule has 0 aliphatic carbocycles. The van der Waals surface area contributed by atoms with E-state index in [4.69, 9.17) is 0 Å². The Morgan fingerprint density at radius 3 is 3.00 bits per heavy atom. The SMILES string of the molecule is CCNc1cnccc1C(=O)NCCN1CCSCC1. The molecule has 1 aromatic rings. The van der Waals surface area contributed by atoms with Crippen LogP contribution in [-0.2, 0) is 0 Å². The van der Waals surface area contributed by atoms with Crippen molar-refractivity contribution >= 4 is 23.4 Å². The van der Waals surface area contributed by atoms with Gasteiger partial charge < -0.3 is 10.6 Å². The van der Waals surface area contributed by atoms with Crippen molar-refractivity contribution in [2.24, 2.45) is 0 Å². The third-order valence-electron chi connectivity index (χ3n) is 3.25. The molecule has 20 heavy (non-hydrogen) atoms. The first-order valence-electron chi connectivity index (χ1n) is 7.07. The molecule has 1 amide bonds. The van der Waals surface area contributed by atoms with Crippen molar-refractivity contribution in [2.45, 2.75) is 6.92 Å². The highest BCUT2D eigenvalue weighted by atomic mass is 32.2. The summed E-state index contributed by atoms with van der Waals surface area (Å²) in [7, 11) is 0. The highest BCUT2D eigenvalue weighted by molar-refractivity contribution is 7.99. The number of amides is 1.